The lowest BCUT2D eigenvalue weighted by Gasteiger charge is -2.16. The molecule has 0 fully saturated rings. The Hall–Kier alpha value is -1.03. The molecule has 0 bridgehead atoms. The Kier molecular flexibility index (Phi) is 3.97. The number of hydrogen-bond donors (Lipinski definition) is 0. The summed E-state index contributed by atoms with van der Waals surface area (Å²) in [5, 5.41) is -0.635. The van der Waals surface area contributed by atoms with Crippen molar-refractivity contribution in [1.29, 1.82) is 0 Å². The van der Waals surface area contributed by atoms with Gasteiger partial charge in [-0.3, -0.25) is 4.79 Å². The molecule has 0 aliphatic rings. The van der Waals surface area contributed by atoms with Crippen molar-refractivity contribution in [3.8, 4) is 0 Å². The zero-order chi connectivity index (χ0) is 12.3. The average Bonchev–Trinajstić information content (AvgIpc) is 2.15. The molecule has 1 aromatic carbocycles. The highest BCUT2D eigenvalue weighted by Gasteiger charge is 2.34. The molecule has 1 atom stereocenters. The van der Waals surface area contributed by atoms with Gasteiger partial charge in [-0.05, 0) is 29.1 Å². The summed E-state index contributed by atoms with van der Waals surface area (Å²) in [7, 11) is 0. The summed E-state index contributed by atoms with van der Waals surface area (Å²) in [5.41, 5.74) is -0.607. The van der Waals surface area contributed by atoms with Gasteiger partial charge in [0.05, 0.1) is 5.56 Å². The number of alkyl halides is 3. The third-order valence-electron chi connectivity index (χ3n) is 2.26. The first kappa shape index (κ1) is 13.0. The largest absolute Gasteiger partial charge is 0.416 e. The number of benzene rings is 1. The van der Waals surface area contributed by atoms with E-state index in [1.54, 1.807) is 6.92 Å². The quantitative estimate of drug-likeness (QED) is 0.742. The summed E-state index contributed by atoms with van der Waals surface area (Å²) < 4.78 is 37.9. The molecule has 1 nitrogen and oxygen atoms in total. The number of carbonyl (C=O) groups excluding carboxylic acids is 1. The Morgan fingerprint density at radius 3 is 2.44 bits per heavy atom. The van der Waals surface area contributed by atoms with Gasteiger partial charge in [0.25, 0.3) is 0 Å². The zero-order valence-corrected chi connectivity index (χ0v) is 9.27. The Labute approximate surface area is 96.2 Å². The highest BCUT2D eigenvalue weighted by molar-refractivity contribution is 6.63. The van der Waals surface area contributed by atoms with Crippen molar-refractivity contribution in [3.63, 3.8) is 0 Å². The van der Waals surface area contributed by atoms with Gasteiger partial charge in [0.15, 0.2) is 0 Å². The van der Waals surface area contributed by atoms with Crippen molar-refractivity contribution in [2.24, 2.45) is 0 Å². The minimum Gasteiger partial charge on any atom is -0.281 e. The number of hydrogen-bond acceptors (Lipinski definition) is 1. The first-order valence-electron chi connectivity index (χ1n) is 4.67. The summed E-state index contributed by atoms with van der Waals surface area (Å²) in [6, 6.07) is 5.21. The summed E-state index contributed by atoms with van der Waals surface area (Å²) >= 11 is 5.17. The molecule has 16 heavy (non-hydrogen) atoms. The lowest BCUT2D eigenvalue weighted by molar-refractivity contribution is -0.138. The summed E-state index contributed by atoms with van der Waals surface area (Å²) in [6.45, 7) is 1.55. The molecule has 88 valence electrons. The van der Waals surface area contributed by atoms with E-state index in [1.165, 1.54) is 18.2 Å². The Morgan fingerprint density at radius 2 is 1.94 bits per heavy atom. The fourth-order valence-corrected chi connectivity index (χ4v) is 1.77. The molecule has 1 rings (SSSR count). The van der Waals surface area contributed by atoms with Gasteiger partial charge in [-0.2, -0.15) is 13.2 Å². The zero-order valence-electron chi connectivity index (χ0n) is 8.51. The van der Waals surface area contributed by atoms with Crippen molar-refractivity contribution in [1.82, 2.24) is 0 Å². The normalized spacial score (nSPS) is 13.6. The van der Waals surface area contributed by atoms with Crippen LogP contribution >= 0.6 is 11.6 Å². The molecule has 1 unspecified atom stereocenters. The highest BCUT2D eigenvalue weighted by atomic mass is 35.5. The van der Waals surface area contributed by atoms with Gasteiger partial charge < -0.3 is 0 Å². The maximum absolute atomic E-state index is 12.6. The molecule has 0 saturated heterocycles. The lowest BCUT2D eigenvalue weighted by Crippen LogP contribution is -2.11. The van der Waals surface area contributed by atoms with Crippen molar-refractivity contribution in [2.45, 2.75) is 25.4 Å². The molecule has 0 amide bonds. The Bertz CT molecular complexity index is 387. The molecule has 0 aliphatic carbocycles. The molecule has 0 aliphatic heterocycles. The van der Waals surface area contributed by atoms with E-state index in [0.29, 0.717) is 0 Å². The van der Waals surface area contributed by atoms with Gasteiger partial charge >= 0.3 is 6.18 Å². The van der Waals surface area contributed by atoms with Gasteiger partial charge in [-0.25, -0.2) is 0 Å². The molecule has 0 radical (unpaired) electrons. The predicted molar refractivity (Wildman–Crippen MR) is 55.3 cm³/mol. The molecule has 5 heteroatoms. The van der Waals surface area contributed by atoms with Crippen LogP contribution in [0.3, 0.4) is 0 Å². The van der Waals surface area contributed by atoms with E-state index in [2.05, 4.69) is 0 Å². The topological polar surface area (TPSA) is 17.1 Å². The van der Waals surface area contributed by atoms with Gasteiger partial charge in [0.1, 0.15) is 0 Å². The second-order valence-corrected chi connectivity index (χ2v) is 3.97. The van der Waals surface area contributed by atoms with Crippen LogP contribution in [0.4, 0.5) is 13.2 Å². The third kappa shape index (κ3) is 3.23. The monoisotopic (exact) mass is 250 g/mol. The van der Waals surface area contributed by atoms with E-state index in [9.17, 15) is 18.0 Å². The maximum Gasteiger partial charge on any atom is 0.416 e. The van der Waals surface area contributed by atoms with E-state index < -0.39 is 22.9 Å². The molecule has 0 spiro atoms. The fraction of sp³-hybridized carbons (Fsp3) is 0.364. The number of halogens is 4. The van der Waals surface area contributed by atoms with Crippen LogP contribution in [0.2, 0.25) is 0 Å². The van der Waals surface area contributed by atoms with E-state index in [-0.39, 0.29) is 12.0 Å². The summed E-state index contributed by atoms with van der Waals surface area (Å²) in [4.78, 5) is 10.7. The third-order valence-corrected chi connectivity index (χ3v) is 2.42. The van der Waals surface area contributed by atoms with Crippen LogP contribution in [-0.2, 0) is 11.0 Å². The molecule has 1 aromatic rings. The number of rotatable bonds is 3. The van der Waals surface area contributed by atoms with Crippen LogP contribution in [0, 0.1) is 0 Å². The van der Waals surface area contributed by atoms with Crippen LogP contribution in [-0.4, -0.2) is 5.24 Å². The Balaban J connectivity index is 3.08. The molecule has 0 N–H and O–H groups in total. The molecule has 0 saturated carbocycles. The number of carbonyl (C=O) groups is 1. The van der Waals surface area contributed by atoms with Gasteiger partial charge in [0.2, 0.25) is 5.24 Å². The standard InChI is InChI=1S/C11H10ClF3O/c1-7(6-10(12)16)8-4-2-3-5-9(8)11(13,14)15/h2-5,7H,6H2,1H3. The Morgan fingerprint density at radius 1 is 1.38 bits per heavy atom. The predicted octanol–water partition coefficient (Wildman–Crippen LogP) is 3.96. The molecule has 0 aromatic heterocycles. The van der Waals surface area contributed by atoms with Gasteiger partial charge in [0, 0.05) is 6.42 Å². The van der Waals surface area contributed by atoms with Crippen LogP contribution in [0.1, 0.15) is 30.4 Å². The molecule has 0 heterocycles. The van der Waals surface area contributed by atoms with Gasteiger partial charge in [-0.15, -0.1) is 0 Å². The van der Waals surface area contributed by atoms with Crippen molar-refractivity contribution >= 4 is 16.8 Å². The first-order valence-corrected chi connectivity index (χ1v) is 5.04. The van der Waals surface area contributed by atoms with Crippen molar-refractivity contribution in [2.75, 3.05) is 0 Å². The second-order valence-electron chi connectivity index (χ2n) is 3.55. The van der Waals surface area contributed by atoms with E-state index >= 15 is 0 Å². The minimum atomic E-state index is -4.40. The average molecular weight is 251 g/mol. The van der Waals surface area contributed by atoms with Crippen molar-refractivity contribution in [3.05, 3.63) is 35.4 Å². The van der Waals surface area contributed by atoms with E-state index in [0.717, 1.165) is 6.07 Å². The fourth-order valence-electron chi connectivity index (χ4n) is 1.54. The smallest absolute Gasteiger partial charge is 0.281 e. The SMILES string of the molecule is CC(CC(=O)Cl)c1ccccc1C(F)(F)F. The van der Waals surface area contributed by atoms with Crippen molar-refractivity contribution < 1.29 is 18.0 Å². The van der Waals surface area contributed by atoms with E-state index in [4.69, 9.17) is 11.6 Å². The van der Waals surface area contributed by atoms with Gasteiger partial charge in [-0.1, -0.05) is 25.1 Å². The second kappa shape index (κ2) is 4.87. The van der Waals surface area contributed by atoms with Crippen LogP contribution in [0.5, 0.6) is 0 Å². The molecular weight excluding hydrogens is 241 g/mol. The van der Waals surface area contributed by atoms with Crippen LogP contribution < -0.4 is 0 Å². The van der Waals surface area contributed by atoms with Crippen LogP contribution in [0.25, 0.3) is 0 Å². The maximum atomic E-state index is 12.6. The summed E-state index contributed by atoms with van der Waals surface area (Å²) in [6.07, 6.45) is -4.51. The summed E-state index contributed by atoms with van der Waals surface area (Å²) in [5.74, 6) is -0.539. The first-order chi connectivity index (χ1) is 7.32. The lowest BCUT2D eigenvalue weighted by atomic mass is 9.93. The minimum absolute atomic E-state index is 0.101. The molecular formula is C11H10ClF3O. The van der Waals surface area contributed by atoms with E-state index in [1.807, 2.05) is 0 Å². The van der Waals surface area contributed by atoms with Crippen LogP contribution in [0.15, 0.2) is 24.3 Å². The highest BCUT2D eigenvalue weighted by Crippen LogP contribution is 2.36.